The van der Waals surface area contributed by atoms with Crippen LogP contribution in [0.2, 0.25) is 0 Å². The Morgan fingerprint density at radius 3 is 2.73 bits per heavy atom. The molecule has 4 aromatic rings. The number of aromatic nitrogens is 2. The van der Waals surface area contributed by atoms with Crippen LogP contribution in [0.1, 0.15) is 28.5 Å². The molecular weight excluding hydrogens is 401 g/mol. The van der Waals surface area contributed by atoms with Gasteiger partial charge in [-0.3, -0.25) is 15.1 Å². The molecule has 1 amide bonds. The van der Waals surface area contributed by atoms with E-state index >= 15 is 0 Å². The van der Waals surface area contributed by atoms with Gasteiger partial charge in [0.15, 0.2) is 16.7 Å². The van der Waals surface area contributed by atoms with Crippen molar-refractivity contribution in [2.45, 2.75) is 20.3 Å². The van der Waals surface area contributed by atoms with E-state index in [1.807, 2.05) is 38.1 Å². The van der Waals surface area contributed by atoms with E-state index in [0.29, 0.717) is 22.0 Å². The molecule has 0 unspecified atom stereocenters. The van der Waals surface area contributed by atoms with Crippen LogP contribution < -0.4 is 10.1 Å². The van der Waals surface area contributed by atoms with E-state index < -0.39 is 5.82 Å². The highest BCUT2D eigenvalue weighted by Crippen LogP contribution is 2.30. The molecule has 1 N–H and O–H groups in total. The number of halogens is 1. The summed E-state index contributed by atoms with van der Waals surface area (Å²) in [5.41, 5.74) is 4.35. The third kappa shape index (κ3) is 3.64. The zero-order valence-corrected chi connectivity index (χ0v) is 17.6. The molecule has 0 saturated carbocycles. The summed E-state index contributed by atoms with van der Waals surface area (Å²) < 4.78 is 19.0. The van der Waals surface area contributed by atoms with Crippen molar-refractivity contribution in [3.05, 3.63) is 70.5 Å². The van der Waals surface area contributed by atoms with Crippen molar-refractivity contribution in [3.8, 4) is 17.0 Å². The van der Waals surface area contributed by atoms with Gasteiger partial charge in [-0.05, 0) is 43.2 Å². The molecule has 0 atom stereocenters. The van der Waals surface area contributed by atoms with Crippen molar-refractivity contribution in [1.29, 1.82) is 0 Å². The molecule has 2 heterocycles. The molecule has 30 heavy (non-hydrogen) atoms. The minimum atomic E-state index is -0.459. The number of pyridine rings is 1. The molecule has 0 bridgehead atoms. The minimum absolute atomic E-state index is 0.175. The van der Waals surface area contributed by atoms with E-state index in [0.717, 1.165) is 28.6 Å². The molecule has 7 heteroatoms. The third-order valence-corrected chi connectivity index (χ3v) is 5.73. The molecule has 0 spiro atoms. The summed E-state index contributed by atoms with van der Waals surface area (Å²) in [6.07, 6.45) is 0.737. The number of methoxy groups -OCH3 is 1. The Hall–Kier alpha value is -3.32. The number of thiazole rings is 1. The quantitative estimate of drug-likeness (QED) is 0.454. The van der Waals surface area contributed by atoms with Gasteiger partial charge in [0, 0.05) is 22.0 Å². The summed E-state index contributed by atoms with van der Waals surface area (Å²) in [5.74, 6) is -0.517. The van der Waals surface area contributed by atoms with Crippen molar-refractivity contribution in [3.63, 3.8) is 0 Å². The van der Waals surface area contributed by atoms with Gasteiger partial charge in [0.1, 0.15) is 0 Å². The standard InChI is InChI=1S/C23H20FN3O2S/c1-4-17-13(2)21(15-7-5-6-8-18(15)25-17)22(28)27-23-26-19(12-30-23)14-9-10-20(29-3)16(24)11-14/h5-12H,4H2,1-3H3,(H,26,27,28). The number of fused-ring (bicyclic) bond motifs is 1. The number of ether oxygens (including phenoxy) is 1. The van der Waals surface area contributed by atoms with Crippen LogP contribution in [0.4, 0.5) is 9.52 Å². The Labute approximate surface area is 177 Å². The Bertz CT molecular complexity index is 1250. The highest BCUT2D eigenvalue weighted by Gasteiger charge is 2.19. The van der Waals surface area contributed by atoms with E-state index in [4.69, 9.17) is 4.74 Å². The highest BCUT2D eigenvalue weighted by atomic mass is 32.1. The molecule has 0 saturated heterocycles. The van der Waals surface area contributed by atoms with Crippen LogP contribution >= 0.6 is 11.3 Å². The third-order valence-electron chi connectivity index (χ3n) is 4.97. The number of carbonyl (C=O) groups is 1. The molecule has 2 aromatic carbocycles. The van der Waals surface area contributed by atoms with Crippen LogP contribution in [-0.2, 0) is 6.42 Å². The number of hydrogen-bond acceptors (Lipinski definition) is 5. The first kappa shape index (κ1) is 20.0. The van der Waals surface area contributed by atoms with Crippen molar-refractivity contribution >= 4 is 33.3 Å². The number of rotatable bonds is 5. The zero-order chi connectivity index (χ0) is 21.3. The van der Waals surface area contributed by atoms with Crippen LogP contribution in [0.15, 0.2) is 47.8 Å². The summed E-state index contributed by atoms with van der Waals surface area (Å²) in [6.45, 7) is 3.94. The van der Waals surface area contributed by atoms with E-state index in [2.05, 4.69) is 15.3 Å². The molecular formula is C23H20FN3O2S. The first-order chi connectivity index (χ1) is 14.5. The maximum Gasteiger partial charge on any atom is 0.258 e. The lowest BCUT2D eigenvalue weighted by Gasteiger charge is -2.13. The van der Waals surface area contributed by atoms with E-state index in [9.17, 15) is 9.18 Å². The summed E-state index contributed by atoms with van der Waals surface area (Å²) in [7, 11) is 1.42. The number of nitrogens with zero attached hydrogens (tertiary/aromatic N) is 2. The van der Waals surface area contributed by atoms with Crippen molar-refractivity contribution in [1.82, 2.24) is 9.97 Å². The highest BCUT2D eigenvalue weighted by molar-refractivity contribution is 7.14. The van der Waals surface area contributed by atoms with Crippen LogP contribution in [-0.4, -0.2) is 23.0 Å². The fraction of sp³-hybridized carbons (Fsp3) is 0.174. The summed E-state index contributed by atoms with van der Waals surface area (Å²) in [6, 6.07) is 12.3. The Balaban J connectivity index is 1.66. The van der Waals surface area contributed by atoms with E-state index in [1.54, 1.807) is 17.5 Å². The van der Waals surface area contributed by atoms with Crippen molar-refractivity contribution in [2.75, 3.05) is 12.4 Å². The smallest absolute Gasteiger partial charge is 0.258 e. The van der Waals surface area contributed by atoms with Crippen LogP contribution in [0, 0.1) is 12.7 Å². The summed E-state index contributed by atoms with van der Waals surface area (Å²) in [4.78, 5) is 22.3. The van der Waals surface area contributed by atoms with Gasteiger partial charge in [-0.25, -0.2) is 9.37 Å². The van der Waals surface area contributed by atoms with Crippen LogP contribution in [0.25, 0.3) is 22.2 Å². The average Bonchev–Trinajstić information content (AvgIpc) is 3.21. The molecule has 0 fully saturated rings. The lowest BCUT2D eigenvalue weighted by atomic mass is 9.99. The molecule has 0 aliphatic carbocycles. The number of benzene rings is 2. The van der Waals surface area contributed by atoms with Gasteiger partial charge in [-0.2, -0.15) is 0 Å². The van der Waals surface area contributed by atoms with Crippen molar-refractivity contribution in [2.24, 2.45) is 0 Å². The number of aryl methyl sites for hydroxylation is 1. The van der Waals surface area contributed by atoms with E-state index in [1.165, 1.54) is 24.5 Å². The van der Waals surface area contributed by atoms with Gasteiger partial charge in [0.25, 0.3) is 5.91 Å². The zero-order valence-electron chi connectivity index (χ0n) is 16.8. The fourth-order valence-electron chi connectivity index (χ4n) is 3.44. The Kier molecular flexibility index (Phi) is 5.46. The molecule has 5 nitrogen and oxygen atoms in total. The van der Waals surface area contributed by atoms with Crippen molar-refractivity contribution < 1.29 is 13.9 Å². The molecule has 4 rings (SSSR count). The average molecular weight is 421 g/mol. The van der Waals surface area contributed by atoms with Gasteiger partial charge in [-0.1, -0.05) is 25.1 Å². The lowest BCUT2D eigenvalue weighted by molar-refractivity contribution is 0.102. The first-order valence-corrected chi connectivity index (χ1v) is 10.4. The number of nitrogens with one attached hydrogen (secondary N) is 1. The van der Waals surface area contributed by atoms with E-state index in [-0.39, 0.29) is 11.7 Å². The SMILES string of the molecule is CCc1nc2ccccc2c(C(=O)Nc2nc(-c3ccc(OC)c(F)c3)cs2)c1C. The predicted molar refractivity (Wildman–Crippen MR) is 118 cm³/mol. The number of amides is 1. The molecule has 152 valence electrons. The Morgan fingerprint density at radius 2 is 2.00 bits per heavy atom. The number of carbonyl (C=O) groups excluding carboxylic acids is 1. The molecule has 2 aromatic heterocycles. The first-order valence-electron chi connectivity index (χ1n) is 9.50. The molecule has 0 aliphatic heterocycles. The number of para-hydroxylation sites is 1. The number of anilines is 1. The largest absolute Gasteiger partial charge is 0.494 e. The second-order valence-electron chi connectivity index (χ2n) is 6.77. The lowest BCUT2D eigenvalue weighted by Crippen LogP contribution is -2.15. The summed E-state index contributed by atoms with van der Waals surface area (Å²) in [5, 5.41) is 5.93. The maximum absolute atomic E-state index is 14.0. The van der Waals surface area contributed by atoms with Gasteiger partial charge >= 0.3 is 0 Å². The second-order valence-corrected chi connectivity index (χ2v) is 7.63. The minimum Gasteiger partial charge on any atom is -0.494 e. The van der Waals surface area contributed by atoms with Gasteiger partial charge < -0.3 is 4.74 Å². The number of hydrogen-bond donors (Lipinski definition) is 1. The van der Waals surface area contributed by atoms with Gasteiger partial charge in [0.2, 0.25) is 0 Å². The molecule has 0 radical (unpaired) electrons. The maximum atomic E-state index is 14.0. The normalized spacial score (nSPS) is 10.9. The monoisotopic (exact) mass is 421 g/mol. The van der Waals surface area contributed by atoms with Gasteiger partial charge in [-0.15, -0.1) is 11.3 Å². The Morgan fingerprint density at radius 1 is 1.20 bits per heavy atom. The fourth-order valence-corrected chi connectivity index (χ4v) is 4.16. The van der Waals surface area contributed by atoms with Crippen LogP contribution in [0.5, 0.6) is 5.75 Å². The second kappa shape index (κ2) is 8.20. The predicted octanol–water partition coefficient (Wildman–Crippen LogP) is 5.63. The summed E-state index contributed by atoms with van der Waals surface area (Å²) >= 11 is 1.29. The molecule has 0 aliphatic rings. The topological polar surface area (TPSA) is 64.1 Å². The van der Waals surface area contributed by atoms with Crippen LogP contribution in [0.3, 0.4) is 0 Å². The van der Waals surface area contributed by atoms with Gasteiger partial charge in [0.05, 0.1) is 23.9 Å².